The summed E-state index contributed by atoms with van der Waals surface area (Å²) in [6.45, 7) is -1.09. The Morgan fingerprint density at radius 3 is 2.18 bits per heavy atom. The molecule has 0 bridgehead atoms. The monoisotopic (exact) mass is 1140 g/mol. The van der Waals surface area contributed by atoms with Crippen LogP contribution in [0.1, 0.15) is 79.0 Å². The lowest BCUT2D eigenvalue weighted by atomic mass is 9.93. The highest BCUT2D eigenvalue weighted by molar-refractivity contribution is 7.93. The van der Waals surface area contributed by atoms with E-state index in [1.165, 1.54) is 26.0 Å². The summed E-state index contributed by atoms with van der Waals surface area (Å²) < 4.78 is 210. The van der Waals surface area contributed by atoms with Crippen molar-refractivity contribution in [2.75, 3.05) is 29.5 Å². The van der Waals surface area contributed by atoms with Crippen LogP contribution in [-0.4, -0.2) is 99.2 Å². The minimum Gasteiger partial charge on any atom is -0.346 e. The first-order valence-electron chi connectivity index (χ1n) is 22.0. The highest BCUT2D eigenvalue weighted by Gasteiger charge is 2.68. The fourth-order valence-electron chi connectivity index (χ4n) is 8.77. The smallest absolute Gasteiger partial charge is 0.346 e. The third kappa shape index (κ3) is 12.0. The van der Waals surface area contributed by atoms with Crippen molar-refractivity contribution in [2.24, 2.45) is 5.92 Å². The quantitative estimate of drug-likeness (QED) is 0.0372. The number of halogens is 11. The van der Waals surface area contributed by atoms with E-state index in [-0.39, 0.29) is 55.3 Å². The predicted molar refractivity (Wildman–Crippen MR) is 246 cm³/mol. The van der Waals surface area contributed by atoms with E-state index < -0.39 is 175 Å². The summed E-state index contributed by atoms with van der Waals surface area (Å²) in [5.74, 6) is -11.2. The standard InChI is InChI=1S/C43H44ClF10N8O9PS2/c1-40(2,73(3,68)69)11-10-24-6-7-25(26-8-9-29(44)33-35(26)61(20-41(47,48)49)59-38(33)62(74(4,70)71)39(64)55-12-5-13-72(65,66)67)34(56-24)30(16-21-14-22(45)17-23(46)15-21)57-31(63)19-60-37-32(36(58-60)43(52,53)54)27-18-28(27)42(37,50)51/h6-9,14-15,17,27-28,30H,5,10-13,16,18-20H2,1-4H3,(H,55,64)(H,57,63)(H2,65,66,67)/t27-,28?,30-/m0/s1. The molecule has 1 unspecified atom stereocenters. The van der Waals surface area contributed by atoms with E-state index >= 15 is 8.78 Å². The van der Waals surface area contributed by atoms with Crippen LogP contribution in [0.25, 0.3) is 22.0 Å². The van der Waals surface area contributed by atoms with E-state index in [0.717, 1.165) is 30.5 Å². The molecule has 0 spiro atoms. The van der Waals surface area contributed by atoms with Gasteiger partial charge in [0.05, 0.1) is 44.8 Å². The van der Waals surface area contributed by atoms with Crippen molar-refractivity contribution in [2.45, 2.75) is 94.0 Å². The number of carbonyl (C=O) groups is 2. The summed E-state index contributed by atoms with van der Waals surface area (Å²) in [5, 5.41) is 10.7. The molecule has 74 heavy (non-hydrogen) atoms. The molecule has 2 aliphatic carbocycles. The molecule has 3 amide bonds. The Kier molecular flexibility index (Phi) is 15.0. The van der Waals surface area contributed by atoms with E-state index in [2.05, 4.69) is 25.8 Å². The maximum atomic E-state index is 15.6. The molecule has 7 rings (SSSR count). The first kappa shape index (κ1) is 56.4. The number of fused-ring (bicyclic) bond motifs is 4. The molecule has 0 radical (unpaired) electrons. The van der Waals surface area contributed by atoms with Gasteiger partial charge in [-0.2, -0.15) is 49.6 Å². The Balaban J connectivity index is 1.44. The predicted octanol–water partition coefficient (Wildman–Crippen LogP) is 7.92. The Morgan fingerprint density at radius 1 is 0.959 bits per heavy atom. The molecule has 2 aliphatic rings. The van der Waals surface area contributed by atoms with Gasteiger partial charge in [-0.3, -0.25) is 23.7 Å². The molecule has 31 heteroatoms. The average molecular weight is 1140 g/mol. The number of benzene rings is 2. The van der Waals surface area contributed by atoms with E-state index in [1.54, 1.807) is 0 Å². The maximum Gasteiger partial charge on any atom is 0.435 e. The maximum absolute atomic E-state index is 15.6. The molecule has 1 saturated carbocycles. The zero-order valence-electron chi connectivity index (χ0n) is 39.0. The number of carbonyl (C=O) groups excluding carboxylic acids is 2. The lowest BCUT2D eigenvalue weighted by Gasteiger charge is -2.25. The number of nitrogens with one attached hydrogen (secondary N) is 2. The third-order valence-electron chi connectivity index (χ3n) is 12.5. The molecular formula is C43H44ClF10N8O9PS2. The Morgan fingerprint density at radius 2 is 1.59 bits per heavy atom. The summed E-state index contributed by atoms with van der Waals surface area (Å²) in [7, 11) is -13.2. The molecule has 5 aromatic rings. The summed E-state index contributed by atoms with van der Waals surface area (Å²) in [4.78, 5) is 50.9. The van der Waals surface area contributed by atoms with Gasteiger partial charge in [0.2, 0.25) is 15.9 Å². The van der Waals surface area contributed by atoms with Crippen LogP contribution >= 0.6 is 19.2 Å². The number of sulfone groups is 1. The van der Waals surface area contributed by atoms with Crippen molar-refractivity contribution < 1.29 is 84.7 Å². The number of urea groups is 1. The van der Waals surface area contributed by atoms with Crippen LogP contribution in [0.5, 0.6) is 0 Å². The number of anilines is 1. The van der Waals surface area contributed by atoms with Gasteiger partial charge in [-0.15, -0.1) is 0 Å². The van der Waals surface area contributed by atoms with Crippen LogP contribution in [0.4, 0.5) is 54.5 Å². The summed E-state index contributed by atoms with van der Waals surface area (Å²) in [5.41, 5.74) is -5.50. The van der Waals surface area contributed by atoms with Gasteiger partial charge in [0, 0.05) is 47.2 Å². The molecule has 1 fully saturated rings. The van der Waals surface area contributed by atoms with Crippen molar-refractivity contribution in [1.29, 1.82) is 0 Å². The van der Waals surface area contributed by atoms with Gasteiger partial charge in [0.1, 0.15) is 30.4 Å². The molecule has 17 nitrogen and oxygen atoms in total. The summed E-state index contributed by atoms with van der Waals surface area (Å²) in [6, 6.07) is 3.44. The van der Waals surface area contributed by atoms with Crippen molar-refractivity contribution in [3.8, 4) is 11.1 Å². The van der Waals surface area contributed by atoms with Gasteiger partial charge in [-0.05, 0) is 81.7 Å². The second-order valence-electron chi connectivity index (χ2n) is 18.6. The molecule has 3 heterocycles. The van der Waals surface area contributed by atoms with Crippen molar-refractivity contribution in [1.82, 2.24) is 35.2 Å². The summed E-state index contributed by atoms with van der Waals surface area (Å²) >= 11 is 6.62. The van der Waals surface area contributed by atoms with E-state index in [1.807, 2.05) is 0 Å². The lowest BCUT2D eigenvalue weighted by Crippen LogP contribution is -2.44. The SMILES string of the molecule is CC(C)(CCc1ccc(-c2ccc(Cl)c3c(N(C(=O)NCCCP(=O)(O)O)S(C)(=O)=O)nn(CC(F)(F)F)c23)c([C@H](Cc2cc(F)cc(F)c2)NC(=O)Cn2nc(C(F)(F)F)c3c2C(F)(F)C2C[C@H]32)n1)S(C)(=O)=O. The van der Waals surface area contributed by atoms with Gasteiger partial charge in [-0.1, -0.05) is 23.7 Å². The number of alkyl halides is 8. The summed E-state index contributed by atoms with van der Waals surface area (Å²) in [6.07, 6.45) is -11.4. The Hall–Kier alpha value is -5.35. The number of aromatic nitrogens is 5. The average Bonchev–Trinajstić information content (AvgIpc) is 3.75. The van der Waals surface area contributed by atoms with E-state index in [9.17, 15) is 75.9 Å². The zero-order valence-corrected chi connectivity index (χ0v) is 42.3. The molecule has 0 aliphatic heterocycles. The second-order valence-corrected chi connectivity index (χ2v) is 25.3. The van der Waals surface area contributed by atoms with Crippen LogP contribution in [0.3, 0.4) is 0 Å². The van der Waals surface area contributed by atoms with Gasteiger partial charge in [0.25, 0.3) is 5.92 Å². The first-order valence-corrected chi connectivity index (χ1v) is 27.9. The van der Waals surface area contributed by atoms with Gasteiger partial charge in [0.15, 0.2) is 21.3 Å². The first-order chi connectivity index (χ1) is 33.9. The highest BCUT2D eigenvalue weighted by atomic mass is 35.5. The van der Waals surface area contributed by atoms with Gasteiger partial charge < -0.3 is 20.4 Å². The van der Waals surface area contributed by atoms with Crippen LogP contribution < -0.4 is 14.9 Å². The number of aryl methyl sites for hydroxylation is 1. The third-order valence-corrected chi connectivity index (χ3v) is 17.0. The highest BCUT2D eigenvalue weighted by Crippen LogP contribution is 2.68. The second kappa shape index (κ2) is 19.7. The molecule has 4 N–H and O–H groups in total. The minimum atomic E-state index is -5.23. The van der Waals surface area contributed by atoms with E-state index in [4.69, 9.17) is 11.6 Å². The van der Waals surface area contributed by atoms with Crippen molar-refractivity contribution >= 4 is 67.7 Å². The fraction of sp³-hybridized carbons (Fsp3) is 0.465. The molecule has 2 aromatic carbocycles. The number of hydrogen-bond donors (Lipinski definition) is 4. The van der Waals surface area contributed by atoms with Crippen molar-refractivity contribution in [3.05, 3.63) is 93.0 Å². The Bertz CT molecular complexity index is 3330. The molecule has 404 valence electrons. The van der Waals surface area contributed by atoms with Crippen LogP contribution in [0, 0.1) is 17.6 Å². The number of rotatable bonds is 18. The molecule has 3 atom stereocenters. The lowest BCUT2D eigenvalue weighted by molar-refractivity contribution is -0.143. The molecule has 3 aromatic heterocycles. The van der Waals surface area contributed by atoms with E-state index in [0.29, 0.717) is 12.3 Å². The Labute approximate surface area is 419 Å². The van der Waals surface area contributed by atoms with Gasteiger partial charge in [-0.25, -0.2) is 30.4 Å². The van der Waals surface area contributed by atoms with Crippen molar-refractivity contribution in [3.63, 3.8) is 0 Å². The number of pyridine rings is 1. The van der Waals surface area contributed by atoms with Crippen LogP contribution in [-0.2, 0) is 67.3 Å². The molecule has 0 saturated heterocycles. The topological polar surface area (TPSA) is 236 Å². The minimum absolute atomic E-state index is 0.0251. The zero-order chi connectivity index (χ0) is 55.1. The number of sulfonamides is 1. The number of amides is 3. The number of hydrogen-bond acceptors (Lipinski definition) is 10. The normalized spacial score (nSPS) is 17.3. The number of nitrogens with zero attached hydrogens (tertiary/aromatic N) is 6. The molecular weight excluding hydrogens is 1090 g/mol. The fourth-order valence-corrected chi connectivity index (χ4v) is 10.9. The van der Waals surface area contributed by atoms with Crippen LogP contribution in [0.2, 0.25) is 5.02 Å². The van der Waals surface area contributed by atoms with Gasteiger partial charge >= 0.3 is 26.0 Å². The largest absolute Gasteiger partial charge is 0.435 e. The van der Waals surface area contributed by atoms with Crippen LogP contribution in [0.15, 0.2) is 42.5 Å².